The maximum atomic E-state index is 4.43. The summed E-state index contributed by atoms with van der Waals surface area (Å²) in [5, 5.41) is 15.2. The lowest BCUT2D eigenvalue weighted by Crippen LogP contribution is -2.38. The van der Waals surface area contributed by atoms with Crippen LogP contribution < -0.4 is 10.6 Å². The van der Waals surface area contributed by atoms with Crippen LogP contribution in [0.15, 0.2) is 17.4 Å². The molecule has 0 fully saturated rings. The molecule has 0 atom stereocenters. The van der Waals surface area contributed by atoms with Crippen LogP contribution in [0, 0.1) is 13.8 Å². The van der Waals surface area contributed by atoms with Crippen molar-refractivity contribution in [1.82, 2.24) is 30.2 Å². The van der Waals surface area contributed by atoms with E-state index in [4.69, 9.17) is 0 Å². The lowest BCUT2D eigenvalue weighted by Gasteiger charge is -2.11. The summed E-state index contributed by atoms with van der Waals surface area (Å²) in [6.45, 7) is 5.65. The average Bonchev–Trinajstić information content (AvgIpc) is 2.99. The summed E-state index contributed by atoms with van der Waals surface area (Å²) in [5.74, 6) is 0.798. The van der Waals surface area contributed by atoms with Crippen molar-refractivity contribution >= 4 is 5.96 Å². The second kappa shape index (κ2) is 7.11. The molecule has 0 saturated heterocycles. The molecule has 120 valence electrons. The molecule has 0 radical (unpaired) electrons. The number of aliphatic imine (C=N–C) groups is 1. The second-order valence-electron chi connectivity index (χ2n) is 5.40. The van der Waals surface area contributed by atoms with Gasteiger partial charge in [-0.25, -0.2) is 0 Å². The quantitative estimate of drug-likeness (QED) is 0.629. The molecule has 22 heavy (non-hydrogen) atoms. The minimum atomic E-state index is 0.720. The lowest BCUT2D eigenvalue weighted by molar-refractivity contribution is 0.728. The smallest absolute Gasteiger partial charge is 0.191 e. The molecule has 0 aromatic carbocycles. The van der Waals surface area contributed by atoms with Crippen LogP contribution >= 0.6 is 0 Å². The molecule has 7 nitrogen and oxygen atoms in total. The highest BCUT2D eigenvalue weighted by atomic mass is 15.3. The third-order valence-corrected chi connectivity index (χ3v) is 3.78. The van der Waals surface area contributed by atoms with Crippen molar-refractivity contribution in [3.05, 3.63) is 34.9 Å². The van der Waals surface area contributed by atoms with Crippen molar-refractivity contribution < 1.29 is 0 Å². The first kappa shape index (κ1) is 16.1. The van der Waals surface area contributed by atoms with E-state index in [9.17, 15) is 0 Å². The second-order valence-corrected chi connectivity index (χ2v) is 5.40. The van der Waals surface area contributed by atoms with Gasteiger partial charge in [0.15, 0.2) is 5.96 Å². The van der Waals surface area contributed by atoms with Crippen molar-refractivity contribution in [2.24, 2.45) is 19.1 Å². The molecule has 0 saturated carbocycles. The third-order valence-electron chi connectivity index (χ3n) is 3.78. The summed E-state index contributed by atoms with van der Waals surface area (Å²) in [4.78, 5) is 4.25. The molecular formula is C15H25N7. The first-order chi connectivity index (χ1) is 10.5. The Morgan fingerprint density at radius 1 is 1.27 bits per heavy atom. The van der Waals surface area contributed by atoms with Gasteiger partial charge in [-0.15, -0.1) is 0 Å². The number of rotatable bonds is 5. The molecule has 0 aliphatic carbocycles. The number of guanidine groups is 1. The molecule has 0 aliphatic rings. The van der Waals surface area contributed by atoms with Crippen LogP contribution in [0.4, 0.5) is 0 Å². The Bertz CT molecular complexity index is 651. The lowest BCUT2D eigenvalue weighted by atomic mass is 10.2. The van der Waals surface area contributed by atoms with Crippen LogP contribution in [-0.4, -0.2) is 39.1 Å². The number of nitrogens with one attached hydrogen (secondary N) is 2. The fraction of sp³-hybridized carbons (Fsp3) is 0.533. The van der Waals surface area contributed by atoms with Crippen LogP contribution in [0.2, 0.25) is 0 Å². The minimum Gasteiger partial charge on any atom is -0.356 e. The van der Waals surface area contributed by atoms with E-state index in [1.54, 1.807) is 7.05 Å². The number of aryl methyl sites for hydroxylation is 3. The normalized spacial score (nSPS) is 11.8. The molecule has 2 aromatic heterocycles. The molecule has 7 heteroatoms. The van der Waals surface area contributed by atoms with E-state index < -0.39 is 0 Å². The van der Waals surface area contributed by atoms with Gasteiger partial charge in [-0.1, -0.05) is 0 Å². The molecule has 2 aromatic rings. The molecule has 2 N–H and O–H groups in total. The number of hydrogen-bond acceptors (Lipinski definition) is 3. The zero-order chi connectivity index (χ0) is 16.1. The predicted octanol–water partition coefficient (Wildman–Crippen LogP) is 0.678. The molecule has 0 amide bonds. The SMILES string of the molecule is CN=C(NCCc1cnn(C)c1)NCc1c(C)nn(C)c1C. The van der Waals surface area contributed by atoms with Crippen molar-refractivity contribution in [2.75, 3.05) is 13.6 Å². The van der Waals surface area contributed by atoms with Gasteiger partial charge in [-0.2, -0.15) is 10.2 Å². The Morgan fingerprint density at radius 3 is 2.59 bits per heavy atom. The zero-order valence-electron chi connectivity index (χ0n) is 14.0. The number of aromatic nitrogens is 4. The highest BCUT2D eigenvalue weighted by molar-refractivity contribution is 5.79. The van der Waals surface area contributed by atoms with Crippen LogP contribution in [0.25, 0.3) is 0 Å². The van der Waals surface area contributed by atoms with E-state index in [1.165, 1.54) is 16.8 Å². The average molecular weight is 303 g/mol. The highest BCUT2D eigenvalue weighted by Crippen LogP contribution is 2.10. The van der Waals surface area contributed by atoms with Gasteiger partial charge in [0.1, 0.15) is 0 Å². The van der Waals surface area contributed by atoms with Crippen LogP contribution in [0.5, 0.6) is 0 Å². The molecular weight excluding hydrogens is 278 g/mol. The van der Waals surface area contributed by atoms with Gasteiger partial charge < -0.3 is 10.6 Å². The van der Waals surface area contributed by atoms with Gasteiger partial charge in [-0.05, 0) is 25.8 Å². The monoisotopic (exact) mass is 303 g/mol. The van der Waals surface area contributed by atoms with Gasteiger partial charge in [0.2, 0.25) is 0 Å². The number of nitrogens with zero attached hydrogens (tertiary/aromatic N) is 5. The van der Waals surface area contributed by atoms with Gasteiger partial charge in [0, 0.05) is 51.7 Å². The van der Waals surface area contributed by atoms with E-state index >= 15 is 0 Å². The van der Waals surface area contributed by atoms with Crippen molar-refractivity contribution in [1.29, 1.82) is 0 Å². The molecule has 0 unspecified atom stereocenters. The fourth-order valence-corrected chi connectivity index (χ4v) is 2.39. The van der Waals surface area contributed by atoms with Crippen LogP contribution in [0.3, 0.4) is 0 Å². The largest absolute Gasteiger partial charge is 0.356 e. The van der Waals surface area contributed by atoms with Crippen molar-refractivity contribution in [2.45, 2.75) is 26.8 Å². The van der Waals surface area contributed by atoms with Gasteiger partial charge in [0.25, 0.3) is 0 Å². The first-order valence-corrected chi connectivity index (χ1v) is 7.42. The standard InChI is InChI=1S/C15H25N7/c1-11-14(12(2)22(5)20-11)9-18-15(16-3)17-7-6-13-8-19-21(4)10-13/h8,10H,6-7,9H2,1-5H3,(H2,16,17,18). The van der Waals surface area contributed by atoms with E-state index in [1.807, 2.05) is 42.8 Å². The predicted molar refractivity (Wildman–Crippen MR) is 87.8 cm³/mol. The third kappa shape index (κ3) is 3.87. The molecule has 0 aliphatic heterocycles. The molecule has 2 rings (SSSR count). The summed E-state index contributed by atoms with van der Waals surface area (Å²) in [5.41, 5.74) is 4.66. The highest BCUT2D eigenvalue weighted by Gasteiger charge is 2.09. The topological polar surface area (TPSA) is 72.1 Å². The van der Waals surface area contributed by atoms with Crippen molar-refractivity contribution in [3.8, 4) is 0 Å². The Hall–Kier alpha value is -2.31. The maximum Gasteiger partial charge on any atom is 0.191 e. The first-order valence-electron chi connectivity index (χ1n) is 7.42. The summed E-state index contributed by atoms with van der Waals surface area (Å²) in [7, 11) is 5.67. The van der Waals surface area contributed by atoms with Gasteiger partial charge >= 0.3 is 0 Å². The van der Waals surface area contributed by atoms with Crippen molar-refractivity contribution in [3.63, 3.8) is 0 Å². The van der Waals surface area contributed by atoms with E-state index in [0.29, 0.717) is 0 Å². The van der Waals surface area contributed by atoms with E-state index in [0.717, 1.165) is 31.2 Å². The fourth-order valence-electron chi connectivity index (χ4n) is 2.39. The van der Waals surface area contributed by atoms with E-state index in [-0.39, 0.29) is 0 Å². The minimum absolute atomic E-state index is 0.720. The molecule has 2 heterocycles. The molecule has 0 spiro atoms. The van der Waals surface area contributed by atoms with Gasteiger partial charge in [-0.3, -0.25) is 14.4 Å². The summed E-state index contributed by atoms with van der Waals surface area (Å²) in [6, 6.07) is 0. The summed E-state index contributed by atoms with van der Waals surface area (Å²) in [6.07, 6.45) is 4.83. The Morgan fingerprint density at radius 2 is 2.05 bits per heavy atom. The van der Waals surface area contributed by atoms with Crippen LogP contribution in [-0.2, 0) is 27.1 Å². The Balaban J connectivity index is 1.82. The summed E-state index contributed by atoms with van der Waals surface area (Å²) >= 11 is 0. The zero-order valence-corrected chi connectivity index (χ0v) is 14.0. The van der Waals surface area contributed by atoms with Crippen LogP contribution in [0.1, 0.15) is 22.5 Å². The van der Waals surface area contributed by atoms with E-state index in [2.05, 4.69) is 32.7 Å². The number of hydrogen-bond donors (Lipinski definition) is 2. The maximum absolute atomic E-state index is 4.43. The van der Waals surface area contributed by atoms with Gasteiger partial charge in [0.05, 0.1) is 11.9 Å². The molecule has 0 bridgehead atoms. The Labute approximate surface area is 131 Å². The summed E-state index contributed by atoms with van der Waals surface area (Å²) < 4.78 is 3.72. The Kier molecular flexibility index (Phi) is 5.19.